The van der Waals surface area contributed by atoms with Gasteiger partial charge in [0.15, 0.2) is 39.4 Å². The molecule has 1 aliphatic heterocycles. The molecular formula is C18H42O6Si4. The second kappa shape index (κ2) is 9.12. The quantitative estimate of drug-likeness (QED) is 0.390. The molecule has 1 heterocycles. The summed E-state index contributed by atoms with van der Waals surface area (Å²) in [5, 5.41) is 0. The maximum atomic E-state index is 12.9. The van der Waals surface area contributed by atoms with Crippen molar-refractivity contribution in [3.63, 3.8) is 0 Å². The zero-order chi connectivity index (χ0) is 22.1. The Labute approximate surface area is 176 Å². The number of hydrogen-bond acceptors (Lipinski definition) is 6. The topological polar surface area (TPSA) is 63.2 Å². The average molecular weight is 467 g/mol. The minimum atomic E-state index is -2.02. The van der Waals surface area contributed by atoms with Gasteiger partial charge in [0.05, 0.1) is 0 Å². The number of carbonyl (C=O) groups is 1. The molecule has 0 radical (unpaired) electrons. The molecule has 0 aliphatic carbocycles. The Morgan fingerprint density at radius 3 is 1.43 bits per heavy atom. The van der Waals surface area contributed by atoms with Crippen molar-refractivity contribution < 1.29 is 27.2 Å². The standard InChI is InChI=1S/C18H42O6Si4/c1-25(2,3)21-14-13-20-18(19)17(24-28(10,11)12)16(23-27(7,8)9)15(14)22-26(4,5)6/h14-17H,13H2,1-12H3/t14-,15-,16+,17-/m1/s1. The lowest BCUT2D eigenvalue weighted by Crippen LogP contribution is -2.58. The molecule has 1 rings (SSSR count). The number of esters is 1. The van der Waals surface area contributed by atoms with E-state index in [-0.39, 0.29) is 18.7 Å². The van der Waals surface area contributed by atoms with Crippen LogP contribution < -0.4 is 0 Å². The second-order valence-electron chi connectivity index (χ2n) is 11.4. The average Bonchev–Trinajstić information content (AvgIpc) is 2.48. The van der Waals surface area contributed by atoms with E-state index in [0.717, 1.165) is 0 Å². The fourth-order valence-corrected chi connectivity index (χ4v) is 7.28. The van der Waals surface area contributed by atoms with Gasteiger partial charge in [-0.2, -0.15) is 0 Å². The minimum Gasteiger partial charge on any atom is -0.461 e. The van der Waals surface area contributed by atoms with Gasteiger partial charge in [-0.1, -0.05) is 0 Å². The first-order chi connectivity index (χ1) is 12.3. The predicted octanol–water partition coefficient (Wildman–Crippen LogP) is 4.42. The van der Waals surface area contributed by atoms with Crippen molar-refractivity contribution in [1.29, 1.82) is 0 Å². The van der Waals surface area contributed by atoms with E-state index in [0.29, 0.717) is 0 Å². The fourth-order valence-electron chi connectivity index (χ4n) is 3.00. The highest BCUT2D eigenvalue weighted by molar-refractivity contribution is 6.71. The summed E-state index contributed by atoms with van der Waals surface area (Å²) in [6.45, 7) is 25.6. The van der Waals surface area contributed by atoms with Gasteiger partial charge in [-0.3, -0.25) is 0 Å². The fraction of sp³-hybridized carbons (Fsp3) is 0.944. The van der Waals surface area contributed by atoms with Gasteiger partial charge in [0.2, 0.25) is 0 Å². The molecule has 0 amide bonds. The van der Waals surface area contributed by atoms with Crippen LogP contribution in [0.15, 0.2) is 0 Å². The molecule has 10 heteroatoms. The van der Waals surface area contributed by atoms with Crippen LogP contribution >= 0.6 is 0 Å². The molecule has 1 saturated heterocycles. The number of cyclic esters (lactones) is 1. The van der Waals surface area contributed by atoms with Crippen LogP contribution in [0.25, 0.3) is 0 Å². The molecule has 0 aromatic heterocycles. The predicted molar refractivity (Wildman–Crippen MR) is 124 cm³/mol. The van der Waals surface area contributed by atoms with Crippen molar-refractivity contribution >= 4 is 39.2 Å². The molecule has 6 nitrogen and oxygen atoms in total. The summed E-state index contributed by atoms with van der Waals surface area (Å²) in [7, 11) is -7.87. The summed E-state index contributed by atoms with van der Waals surface area (Å²) >= 11 is 0. The summed E-state index contributed by atoms with van der Waals surface area (Å²) in [6, 6.07) is 0. The summed E-state index contributed by atoms with van der Waals surface area (Å²) < 4.78 is 31.5. The third-order valence-corrected chi connectivity index (χ3v) is 7.50. The van der Waals surface area contributed by atoms with E-state index in [1.165, 1.54) is 0 Å². The summed E-state index contributed by atoms with van der Waals surface area (Å²) in [5.41, 5.74) is 0. The van der Waals surface area contributed by atoms with E-state index in [1.54, 1.807) is 0 Å². The van der Waals surface area contributed by atoms with Crippen molar-refractivity contribution in [1.82, 2.24) is 0 Å². The highest BCUT2D eigenvalue weighted by Crippen LogP contribution is 2.30. The van der Waals surface area contributed by atoms with Gasteiger partial charge in [0.1, 0.15) is 24.9 Å². The van der Waals surface area contributed by atoms with Crippen LogP contribution in [0.4, 0.5) is 0 Å². The van der Waals surface area contributed by atoms with Gasteiger partial charge in [0, 0.05) is 0 Å². The van der Waals surface area contributed by atoms with Gasteiger partial charge in [-0.05, 0) is 78.6 Å². The lowest BCUT2D eigenvalue weighted by atomic mass is 10.1. The summed E-state index contributed by atoms with van der Waals surface area (Å²) in [6.07, 6.45) is -2.05. The van der Waals surface area contributed by atoms with Crippen molar-refractivity contribution in [2.24, 2.45) is 0 Å². The number of hydrogen-bond donors (Lipinski definition) is 0. The van der Waals surface area contributed by atoms with Gasteiger partial charge >= 0.3 is 5.97 Å². The zero-order valence-electron chi connectivity index (χ0n) is 20.0. The summed E-state index contributed by atoms with van der Waals surface area (Å²) in [4.78, 5) is 12.9. The molecule has 28 heavy (non-hydrogen) atoms. The first-order valence-electron chi connectivity index (χ1n) is 10.2. The van der Waals surface area contributed by atoms with E-state index in [2.05, 4.69) is 78.6 Å². The normalized spacial score (nSPS) is 28.1. The molecule has 166 valence electrons. The smallest absolute Gasteiger partial charge is 0.336 e. The van der Waals surface area contributed by atoms with Crippen molar-refractivity contribution in [2.45, 2.75) is 103 Å². The van der Waals surface area contributed by atoms with Crippen molar-refractivity contribution in [3.8, 4) is 0 Å². The maximum absolute atomic E-state index is 12.9. The minimum absolute atomic E-state index is 0.176. The number of carbonyl (C=O) groups excluding carboxylic acids is 1. The van der Waals surface area contributed by atoms with E-state index in [9.17, 15) is 4.79 Å². The van der Waals surface area contributed by atoms with Crippen LogP contribution in [-0.4, -0.2) is 70.3 Å². The molecule has 1 fully saturated rings. The Morgan fingerprint density at radius 1 is 0.643 bits per heavy atom. The first-order valence-corrected chi connectivity index (χ1v) is 23.8. The van der Waals surface area contributed by atoms with E-state index >= 15 is 0 Å². The van der Waals surface area contributed by atoms with Gasteiger partial charge in [0.25, 0.3) is 0 Å². The monoisotopic (exact) mass is 466 g/mol. The molecule has 0 aromatic rings. The largest absolute Gasteiger partial charge is 0.461 e. The van der Waals surface area contributed by atoms with Crippen LogP contribution in [0.1, 0.15) is 0 Å². The Balaban J connectivity index is 3.44. The van der Waals surface area contributed by atoms with Crippen molar-refractivity contribution in [3.05, 3.63) is 0 Å². The molecule has 4 atom stereocenters. The van der Waals surface area contributed by atoms with E-state index in [4.69, 9.17) is 22.4 Å². The highest BCUT2D eigenvalue weighted by atomic mass is 28.4. The lowest BCUT2D eigenvalue weighted by molar-refractivity contribution is -0.155. The molecule has 1 aliphatic rings. The first kappa shape index (κ1) is 26.2. The zero-order valence-corrected chi connectivity index (χ0v) is 24.0. The van der Waals surface area contributed by atoms with Crippen LogP contribution in [0.2, 0.25) is 78.6 Å². The molecule has 0 unspecified atom stereocenters. The molecule has 0 bridgehead atoms. The van der Waals surface area contributed by atoms with Crippen LogP contribution in [0.3, 0.4) is 0 Å². The van der Waals surface area contributed by atoms with Crippen LogP contribution in [0.5, 0.6) is 0 Å². The SMILES string of the molecule is C[Si](C)(C)O[C@H]1[C@H](O[Si](C)(C)C)[C@@H](O[Si](C)(C)C)C(=O)OC[C@H]1O[Si](C)(C)C. The highest BCUT2D eigenvalue weighted by Gasteiger charge is 2.50. The van der Waals surface area contributed by atoms with Crippen LogP contribution in [0, 0.1) is 0 Å². The molecule has 0 N–H and O–H groups in total. The molecule has 0 spiro atoms. The van der Waals surface area contributed by atoms with E-state index < -0.39 is 51.6 Å². The second-order valence-corrected chi connectivity index (χ2v) is 29.3. The van der Waals surface area contributed by atoms with Gasteiger partial charge < -0.3 is 22.4 Å². The number of ether oxygens (including phenoxy) is 1. The molecular weight excluding hydrogens is 425 g/mol. The van der Waals surface area contributed by atoms with E-state index in [1.807, 2.05) is 0 Å². The third kappa shape index (κ3) is 9.79. The van der Waals surface area contributed by atoms with Crippen molar-refractivity contribution in [2.75, 3.05) is 6.61 Å². The number of rotatable bonds is 8. The molecule has 0 saturated carbocycles. The summed E-state index contributed by atoms with van der Waals surface area (Å²) in [5.74, 6) is -0.364. The van der Waals surface area contributed by atoms with Gasteiger partial charge in [-0.15, -0.1) is 0 Å². The Bertz CT molecular complexity index is 530. The Hall–Kier alpha value is 0.178. The Morgan fingerprint density at radius 2 is 1.04 bits per heavy atom. The third-order valence-electron chi connectivity index (χ3n) is 3.58. The lowest BCUT2D eigenvalue weighted by Gasteiger charge is -2.42. The maximum Gasteiger partial charge on any atom is 0.336 e. The Kier molecular flexibility index (Phi) is 8.54. The van der Waals surface area contributed by atoms with Gasteiger partial charge in [-0.25, -0.2) is 4.79 Å². The van der Waals surface area contributed by atoms with Crippen LogP contribution in [-0.2, 0) is 27.2 Å². The molecule has 0 aromatic carbocycles.